The van der Waals surface area contributed by atoms with Gasteiger partial charge >= 0.3 is 0 Å². The van der Waals surface area contributed by atoms with E-state index in [0.29, 0.717) is 26.1 Å². The van der Waals surface area contributed by atoms with E-state index in [2.05, 4.69) is 10.4 Å². The van der Waals surface area contributed by atoms with Crippen molar-refractivity contribution in [3.05, 3.63) is 16.1 Å². The maximum absolute atomic E-state index is 12.4. The molecular formula is C16H26N2O3S. The maximum Gasteiger partial charge on any atom is 0.222 e. The number of carbonyl (C=O) groups is 1. The molecule has 2 rings (SSSR count). The van der Waals surface area contributed by atoms with Crippen molar-refractivity contribution in [3.63, 3.8) is 0 Å². The first kappa shape index (κ1) is 17.4. The van der Waals surface area contributed by atoms with Gasteiger partial charge in [-0.3, -0.25) is 4.79 Å². The summed E-state index contributed by atoms with van der Waals surface area (Å²) in [4.78, 5) is 18.8. The summed E-state index contributed by atoms with van der Waals surface area (Å²) in [6, 6.07) is 0. The van der Waals surface area contributed by atoms with E-state index in [4.69, 9.17) is 9.47 Å². The zero-order valence-corrected chi connectivity index (χ0v) is 14.7. The molecule has 124 valence electrons. The Morgan fingerprint density at radius 2 is 2.36 bits per heavy atom. The van der Waals surface area contributed by atoms with Crippen molar-refractivity contribution in [1.29, 1.82) is 0 Å². The van der Waals surface area contributed by atoms with Crippen molar-refractivity contribution in [2.24, 2.45) is 0 Å². The Morgan fingerprint density at radius 1 is 1.59 bits per heavy atom. The van der Waals surface area contributed by atoms with Crippen LogP contribution in [-0.2, 0) is 20.7 Å². The molecule has 6 heteroatoms. The van der Waals surface area contributed by atoms with Crippen LogP contribution < -0.4 is 0 Å². The molecule has 0 aliphatic carbocycles. The van der Waals surface area contributed by atoms with Crippen molar-refractivity contribution in [2.75, 3.05) is 26.8 Å². The number of aryl methyl sites for hydroxylation is 2. The van der Waals surface area contributed by atoms with Gasteiger partial charge in [0.1, 0.15) is 0 Å². The van der Waals surface area contributed by atoms with Crippen LogP contribution in [0.15, 0.2) is 5.38 Å². The van der Waals surface area contributed by atoms with Gasteiger partial charge < -0.3 is 14.4 Å². The molecule has 1 saturated heterocycles. The molecule has 1 aromatic rings. The SMILES string of the molecule is COCC1CN(C(=O)CCCc2nc(C)cs2)CC(C)(C)O1. The lowest BCUT2D eigenvalue weighted by molar-refractivity contribution is -0.168. The standard InChI is InChI=1S/C16H26N2O3S/c1-12-10-22-14(17-12)6-5-7-15(19)18-8-13(9-20-4)21-16(2,3)11-18/h10,13H,5-9,11H2,1-4H3. The molecular weight excluding hydrogens is 300 g/mol. The van der Waals surface area contributed by atoms with Gasteiger partial charge in [-0.1, -0.05) is 0 Å². The highest BCUT2D eigenvalue weighted by molar-refractivity contribution is 7.09. The molecule has 2 heterocycles. The second-order valence-electron chi connectivity index (χ2n) is 6.47. The smallest absolute Gasteiger partial charge is 0.222 e. The van der Waals surface area contributed by atoms with Gasteiger partial charge in [-0.2, -0.15) is 0 Å². The number of morpholine rings is 1. The molecule has 1 atom stereocenters. The van der Waals surface area contributed by atoms with Crippen LogP contribution in [0.5, 0.6) is 0 Å². The molecule has 1 amide bonds. The van der Waals surface area contributed by atoms with E-state index < -0.39 is 0 Å². The van der Waals surface area contributed by atoms with E-state index in [-0.39, 0.29) is 17.6 Å². The highest BCUT2D eigenvalue weighted by atomic mass is 32.1. The van der Waals surface area contributed by atoms with Crippen LogP contribution in [0, 0.1) is 6.92 Å². The van der Waals surface area contributed by atoms with Crippen molar-refractivity contribution >= 4 is 17.2 Å². The third-order valence-electron chi connectivity index (χ3n) is 3.63. The van der Waals surface area contributed by atoms with Crippen LogP contribution >= 0.6 is 11.3 Å². The fourth-order valence-corrected chi connectivity index (χ4v) is 3.64. The second-order valence-corrected chi connectivity index (χ2v) is 7.41. The van der Waals surface area contributed by atoms with E-state index >= 15 is 0 Å². The third-order valence-corrected chi connectivity index (χ3v) is 4.66. The summed E-state index contributed by atoms with van der Waals surface area (Å²) in [7, 11) is 1.66. The van der Waals surface area contributed by atoms with E-state index in [9.17, 15) is 4.79 Å². The van der Waals surface area contributed by atoms with Crippen molar-refractivity contribution in [3.8, 4) is 0 Å². The molecule has 0 N–H and O–H groups in total. The van der Waals surface area contributed by atoms with Crippen LogP contribution in [0.4, 0.5) is 0 Å². The first-order valence-electron chi connectivity index (χ1n) is 7.75. The van der Waals surface area contributed by atoms with Crippen molar-refractivity contribution in [1.82, 2.24) is 9.88 Å². The van der Waals surface area contributed by atoms with Crippen LogP contribution in [0.2, 0.25) is 0 Å². The first-order chi connectivity index (χ1) is 10.4. The number of hydrogen-bond donors (Lipinski definition) is 0. The fraction of sp³-hybridized carbons (Fsp3) is 0.750. The Bertz CT molecular complexity index is 501. The number of nitrogens with zero attached hydrogens (tertiary/aromatic N) is 2. The van der Waals surface area contributed by atoms with Crippen molar-refractivity contribution in [2.45, 2.75) is 51.7 Å². The molecule has 1 unspecified atom stereocenters. The number of ether oxygens (including phenoxy) is 2. The number of methoxy groups -OCH3 is 1. The van der Waals surface area contributed by atoms with Gasteiger partial charge in [-0.25, -0.2) is 4.98 Å². The third kappa shape index (κ3) is 5.04. The minimum absolute atomic E-state index is 0.0423. The Balaban J connectivity index is 1.82. The summed E-state index contributed by atoms with van der Waals surface area (Å²) in [5.74, 6) is 0.200. The summed E-state index contributed by atoms with van der Waals surface area (Å²) >= 11 is 1.67. The first-order valence-corrected chi connectivity index (χ1v) is 8.63. The summed E-state index contributed by atoms with van der Waals surface area (Å²) < 4.78 is 11.1. The molecule has 0 spiro atoms. The van der Waals surface area contributed by atoms with Gasteiger partial charge in [0.25, 0.3) is 0 Å². The van der Waals surface area contributed by atoms with Gasteiger partial charge in [0, 0.05) is 37.7 Å². The lowest BCUT2D eigenvalue weighted by Crippen LogP contribution is -2.55. The summed E-state index contributed by atoms with van der Waals surface area (Å²) in [5.41, 5.74) is 0.743. The number of amides is 1. The predicted octanol–water partition coefficient (Wildman–Crippen LogP) is 2.43. The van der Waals surface area contributed by atoms with Gasteiger partial charge in [-0.15, -0.1) is 11.3 Å². The summed E-state index contributed by atoms with van der Waals surface area (Å²) in [6.45, 7) is 7.82. The molecule has 0 radical (unpaired) electrons. The minimum Gasteiger partial charge on any atom is -0.382 e. The number of carbonyl (C=O) groups excluding carboxylic acids is 1. The highest BCUT2D eigenvalue weighted by Gasteiger charge is 2.35. The highest BCUT2D eigenvalue weighted by Crippen LogP contribution is 2.22. The Labute approximate surface area is 136 Å². The molecule has 1 aromatic heterocycles. The summed E-state index contributed by atoms with van der Waals surface area (Å²) in [6.07, 6.45) is 2.24. The number of thiazole rings is 1. The van der Waals surface area contributed by atoms with Crippen LogP contribution in [0.3, 0.4) is 0 Å². The Kier molecular flexibility index (Phi) is 5.94. The summed E-state index contributed by atoms with van der Waals surface area (Å²) in [5, 5.41) is 3.17. The molecule has 0 aromatic carbocycles. The molecule has 22 heavy (non-hydrogen) atoms. The zero-order valence-electron chi connectivity index (χ0n) is 13.9. The normalized spacial score (nSPS) is 21.1. The second kappa shape index (κ2) is 7.53. The Hall–Kier alpha value is -0.980. The average Bonchev–Trinajstić information content (AvgIpc) is 2.83. The van der Waals surface area contributed by atoms with Gasteiger partial charge in [-0.05, 0) is 33.6 Å². The van der Waals surface area contributed by atoms with Crippen LogP contribution in [0.25, 0.3) is 0 Å². The molecule has 1 fully saturated rings. The zero-order chi connectivity index (χ0) is 16.2. The van der Waals surface area contributed by atoms with Crippen molar-refractivity contribution < 1.29 is 14.3 Å². The molecule has 5 nitrogen and oxygen atoms in total. The van der Waals surface area contributed by atoms with Crippen LogP contribution in [0.1, 0.15) is 37.4 Å². The van der Waals surface area contributed by atoms with E-state index in [1.54, 1.807) is 18.4 Å². The van der Waals surface area contributed by atoms with Gasteiger partial charge in [0.05, 0.1) is 23.3 Å². The fourth-order valence-electron chi connectivity index (χ4n) is 2.82. The quantitative estimate of drug-likeness (QED) is 0.806. The number of aromatic nitrogens is 1. The van der Waals surface area contributed by atoms with Crippen LogP contribution in [-0.4, -0.2) is 54.3 Å². The average molecular weight is 326 g/mol. The Morgan fingerprint density at radius 3 is 3.00 bits per heavy atom. The van der Waals surface area contributed by atoms with E-state index in [1.165, 1.54) is 0 Å². The minimum atomic E-state index is -0.316. The lowest BCUT2D eigenvalue weighted by atomic mass is 10.0. The monoisotopic (exact) mass is 326 g/mol. The molecule has 1 aliphatic heterocycles. The predicted molar refractivity (Wildman–Crippen MR) is 87.2 cm³/mol. The topological polar surface area (TPSA) is 51.7 Å². The molecule has 0 saturated carbocycles. The number of hydrogen-bond acceptors (Lipinski definition) is 5. The molecule has 1 aliphatic rings. The largest absolute Gasteiger partial charge is 0.382 e. The van der Waals surface area contributed by atoms with E-state index in [1.807, 2.05) is 25.7 Å². The molecule has 0 bridgehead atoms. The van der Waals surface area contributed by atoms with E-state index in [0.717, 1.165) is 23.5 Å². The number of rotatable bonds is 6. The van der Waals surface area contributed by atoms with Gasteiger partial charge in [0.15, 0.2) is 0 Å². The lowest BCUT2D eigenvalue weighted by Gasteiger charge is -2.42. The maximum atomic E-state index is 12.4. The van der Waals surface area contributed by atoms with Gasteiger partial charge in [0.2, 0.25) is 5.91 Å².